The molecule has 0 radical (unpaired) electrons. The summed E-state index contributed by atoms with van der Waals surface area (Å²) in [4.78, 5) is 49.7. The number of amides is 3. The van der Waals surface area contributed by atoms with E-state index in [-0.39, 0.29) is 24.1 Å². The number of benzene rings is 2. The Morgan fingerprint density at radius 1 is 1.14 bits per heavy atom. The molecule has 0 bridgehead atoms. The Morgan fingerprint density at radius 2 is 1.89 bits per heavy atom. The third-order valence-electron chi connectivity index (χ3n) is 5.80. The fourth-order valence-corrected chi connectivity index (χ4v) is 5.02. The van der Waals surface area contributed by atoms with Crippen LogP contribution in [0.2, 0.25) is 5.02 Å². The molecule has 2 N–H and O–H groups in total. The SMILES string of the molecule is CCCCNC(=O)C[C@@H]1N=C2c3ccccc3N=C(S[C@H](CC)C(=O)Nc3ccc(Cl)cc3)N2C1=O. The van der Waals surface area contributed by atoms with Crippen LogP contribution in [0.1, 0.15) is 45.1 Å². The van der Waals surface area contributed by atoms with Crippen molar-refractivity contribution < 1.29 is 14.4 Å². The van der Waals surface area contributed by atoms with Gasteiger partial charge in [-0.25, -0.2) is 9.89 Å². The minimum Gasteiger partial charge on any atom is -0.356 e. The summed E-state index contributed by atoms with van der Waals surface area (Å²) in [5, 5.41) is 6.20. The number of para-hydroxylation sites is 1. The average molecular weight is 526 g/mol. The maximum Gasteiger partial charge on any atom is 0.259 e. The largest absolute Gasteiger partial charge is 0.356 e. The zero-order valence-corrected chi connectivity index (χ0v) is 21.7. The van der Waals surface area contributed by atoms with Crippen molar-refractivity contribution in [3.05, 3.63) is 59.1 Å². The van der Waals surface area contributed by atoms with E-state index in [9.17, 15) is 14.4 Å². The number of carbonyl (C=O) groups excluding carboxylic acids is 3. The highest BCUT2D eigenvalue weighted by Gasteiger charge is 2.43. The van der Waals surface area contributed by atoms with Crippen molar-refractivity contribution in [3.8, 4) is 0 Å². The van der Waals surface area contributed by atoms with Gasteiger partial charge in [0.05, 0.1) is 17.4 Å². The van der Waals surface area contributed by atoms with Gasteiger partial charge < -0.3 is 10.6 Å². The molecule has 188 valence electrons. The lowest BCUT2D eigenvalue weighted by Crippen LogP contribution is -2.43. The van der Waals surface area contributed by atoms with Crippen molar-refractivity contribution >= 4 is 63.5 Å². The molecule has 0 saturated heterocycles. The number of hydrogen-bond acceptors (Lipinski definition) is 6. The van der Waals surface area contributed by atoms with Gasteiger partial charge in [0.1, 0.15) is 11.9 Å². The number of fused-ring (bicyclic) bond motifs is 3. The highest BCUT2D eigenvalue weighted by atomic mass is 35.5. The normalized spacial score (nSPS) is 17.0. The Morgan fingerprint density at radius 3 is 2.61 bits per heavy atom. The van der Waals surface area contributed by atoms with Crippen LogP contribution < -0.4 is 10.6 Å². The van der Waals surface area contributed by atoms with E-state index in [0.29, 0.717) is 40.4 Å². The standard InChI is InChI=1S/C26H28ClN5O3S/c1-3-5-14-28-22(33)15-20-25(35)32-23(30-20)18-8-6-7-9-19(18)31-26(32)36-21(4-2)24(34)29-17-12-10-16(27)11-13-17/h6-13,20-21H,3-5,14-15H2,1-2H3,(H,28,33)(H,29,34)/t20-,21+/m0/s1. The van der Waals surface area contributed by atoms with Gasteiger partial charge in [0.25, 0.3) is 5.91 Å². The van der Waals surface area contributed by atoms with E-state index in [1.54, 1.807) is 24.3 Å². The molecule has 2 aliphatic heterocycles. The van der Waals surface area contributed by atoms with E-state index < -0.39 is 11.3 Å². The molecule has 4 rings (SSSR count). The van der Waals surface area contributed by atoms with Gasteiger partial charge in [-0.15, -0.1) is 0 Å². The van der Waals surface area contributed by atoms with Crippen LogP contribution in [0.5, 0.6) is 0 Å². The molecule has 0 fully saturated rings. The summed E-state index contributed by atoms with van der Waals surface area (Å²) >= 11 is 7.16. The molecule has 2 atom stereocenters. The summed E-state index contributed by atoms with van der Waals surface area (Å²) in [5.41, 5.74) is 2.03. The molecule has 3 amide bonds. The van der Waals surface area contributed by atoms with Crippen molar-refractivity contribution in [2.75, 3.05) is 11.9 Å². The molecule has 2 aromatic carbocycles. The van der Waals surface area contributed by atoms with Crippen LogP contribution in [0.3, 0.4) is 0 Å². The molecule has 8 nitrogen and oxygen atoms in total. The first kappa shape index (κ1) is 25.9. The summed E-state index contributed by atoms with van der Waals surface area (Å²) in [7, 11) is 0. The molecule has 10 heteroatoms. The summed E-state index contributed by atoms with van der Waals surface area (Å²) < 4.78 is 0. The molecule has 2 aliphatic rings. The second-order valence-electron chi connectivity index (χ2n) is 8.47. The van der Waals surface area contributed by atoms with Crippen LogP contribution in [0.4, 0.5) is 11.4 Å². The lowest BCUT2D eigenvalue weighted by molar-refractivity contribution is -0.128. The van der Waals surface area contributed by atoms with E-state index in [4.69, 9.17) is 16.6 Å². The van der Waals surface area contributed by atoms with Crippen molar-refractivity contribution in [2.45, 2.75) is 50.8 Å². The first-order valence-corrected chi connectivity index (χ1v) is 13.3. The first-order valence-electron chi connectivity index (χ1n) is 12.0. The van der Waals surface area contributed by atoms with Crippen molar-refractivity contribution in [1.29, 1.82) is 0 Å². The second-order valence-corrected chi connectivity index (χ2v) is 10.1. The molecule has 0 spiro atoms. The molecule has 0 aromatic heterocycles. The topological polar surface area (TPSA) is 103 Å². The number of unbranched alkanes of at least 4 members (excludes halogenated alkanes) is 1. The van der Waals surface area contributed by atoms with Crippen LogP contribution in [-0.2, 0) is 14.4 Å². The lowest BCUT2D eigenvalue weighted by atomic mass is 10.1. The number of halogens is 1. The average Bonchev–Trinajstić information content (AvgIpc) is 3.20. The predicted octanol–water partition coefficient (Wildman–Crippen LogP) is 4.76. The van der Waals surface area contributed by atoms with E-state index in [0.717, 1.165) is 18.4 Å². The molecular formula is C26H28ClN5O3S. The van der Waals surface area contributed by atoms with Gasteiger partial charge in [-0.3, -0.25) is 19.4 Å². The predicted molar refractivity (Wildman–Crippen MR) is 145 cm³/mol. The Bertz CT molecular complexity index is 1210. The number of thioether (sulfide) groups is 1. The third kappa shape index (κ3) is 5.79. The fraction of sp³-hybridized carbons (Fsp3) is 0.346. The number of carbonyl (C=O) groups is 3. The lowest BCUT2D eigenvalue weighted by Gasteiger charge is -2.27. The van der Waals surface area contributed by atoms with E-state index in [2.05, 4.69) is 15.6 Å². The Labute approximate surface area is 219 Å². The molecule has 36 heavy (non-hydrogen) atoms. The second kappa shape index (κ2) is 11.7. The quantitative estimate of drug-likeness (QED) is 0.461. The van der Waals surface area contributed by atoms with Gasteiger partial charge >= 0.3 is 0 Å². The van der Waals surface area contributed by atoms with Crippen LogP contribution in [0, 0.1) is 0 Å². The number of rotatable bonds is 9. The maximum absolute atomic E-state index is 13.4. The number of amidine groups is 2. The molecule has 0 aliphatic carbocycles. The van der Waals surface area contributed by atoms with Crippen LogP contribution in [-0.4, -0.2) is 51.5 Å². The minimum absolute atomic E-state index is 0.0308. The number of nitrogens with one attached hydrogen (secondary N) is 2. The van der Waals surface area contributed by atoms with Crippen LogP contribution in [0.25, 0.3) is 0 Å². The van der Waals surface area contributed by atoms with Crippen molar-refractivity contribution in [2.24, 2.45) is 9.98 Å². The molecular weight excluding hydrogens is 498 g/mol. The van der Waals surface area contributed by atoms with Gasteiger partial charge in [-0.2, -0.15) is 0 Å². The monoisotopic (exact) mass is 525 g/mol. The number of aliphatic imine (C=N–C) groups is 2. The fourth-order valence-electron chi connectivity index (χ4n) is 3.87. The smallest absolute Gasteiger partial charge is 0.259 e. The molecule has 0 saturated carbocycles. The first-order chi connectivity index (χ1) is 17.4. The van der Waals surface area contributed by atoms with E-state index in [1.807, 2.05) is 38.1 Å². The van der Waals surface area contributed by atoms with Gasteiger partial charge in [-0.05, 0) is 49.2 Å². The number of hydrogen-bond donors (Lipinski definition) is 2. The Kier molecular flexibility index (Phi) is 8.43. The van der Waals surface area contributed by atoms with Gasteiger partial charge in [-0.1, -0.05) is 55.8 Å². The number of anilines is 1. The summed E-state index contributed by atoms with van der Waals surface area (Å²) in [5.74, 6) is -0.264. The van der Waals surface area contributed by atoms with Gasteiger partial charge in [0, 0.05) is 22.8 Å². The third-order valence-corrected chi connectivity index (χ3v) is 7.37. The summed E-state index contributed by atoms with van der Waals surface area (Å²) in [6.07, 6.45) is 2.33. The molecule has 0 unspecified atom stereocenters. The molecule has 2 heterocycles. The number of nitrogens with zero attached hydrogens (tertiary/aromatic N) is 3. The van der Waals surface area contributed by atoms with Gasteiger partial charge in [0.15, 0.2) is 5.17 Å². The highest BCUT2D eigenvalue weighted by Crippen LogP contribution is 2.35. The van der Waals surface area contributed by atoms with Crippen LogP contribution >= 0.6 is 23.4 Å². The van der Waals surface area contributed by atoms with Crippen LogP contribution in [0.15, 0.2) is 58.5 Å². The zero-order valence-electron chi connectivity index (χ0n) is 20.2. The van der Waals surface area contributed by atoms with E-state index >= 15 is 0 Å². The summed E-state index contributed by atoms with van der Waals surface area (Å²) in [6.45, 7) is 4.52. The van der Waals surface area contributed by atoms with Crippen molar-refractivity contribution in [3.63, 3.8) is 0 Å². The molecule has 2 aromatic rings. The van der Waals surface area contributed by atoms with Gasteiger partial charge in [0.2, 0.25) is 11.8 Å². The zero-order chi connectivity index (χ0) is 25.7. The van der Waals surface area contributed by atoms with Crippen molar-refractivity contribution in [1.82, 2.24) is 10.2 Å². The maximum atomic E-state index is 13.4. The van der Waals surface area contributed by atoms with E-state index in [1.165, 1.54) is 16.7 Å². The summed E-state index contributed by atoms with van der Waals surface area (Å²) in [6, 6.07) is 13.5. The highest BCUT2D eigenvalue weighted by molar-refractivity contribution is 8.15. The Balaban J connectivity index is 1.55. The Hall–Kier alpha value is -3.17. The minimum atomic E-state index is -0.832.